The number of urea groups is 1. The number of hydrogen-bond donors (Lipinski definition) is 2. The molecule has 2 aromatic rings. The standard InChI is InChI=1S/C15H18N4O2S/c1-11-13(19-7-9-21-10-8-19)14(22-18-11)17-15(20)16-12-5-3-2-4-6-12/h2-6H,7-10H2,1H3,(H2,16,17,20). The molecule has 0 bridgehead atoms. The maximum Gasteiger partial charge on any atom is 0.324 e. The maximum absolute atomic E-state index is 12.1. The van der Waals surface area contributed by atoms with E-state index in [1.807, 2.05) is 37.3 Å². The zero-order valence-electron chi connectivity index (χ0n) is 12.3. The second-order valence-electron chi connectivity index (χ2n) is 4.99. The molecule has 6 nitrogen and oxygen atoms in total. The lowest BCUT2D eigenvalue weighted by Crippen LogP contribution is -2.37. The van der Waals surface area contributed by atoms with Gasteiger partial charge in [0.25, 0.3) is 0 Å². The minimum absolute atomic E-state index is 0.260. The van der Waals surface area contributed by atoms with E-state index >= 15 is 0 Å². The third-order valence-electron chi connectivity index (χ3n) is 3.42. The number of para-hydroxylation sites is 1. The van der Waals surface area contributed by atoms with Gasteiger partial charge in [0, 0.05) is 18.8 Å². The van der Waals surface area contributed by atoms with Crippen LogP contribution in [0, 0.1) is 6.92 Å². The van der Waals surface area contributed by atoms with Gasteiger partial charge >= 0.3 is 6.03 Å². The number of aryl methyl sites for hydroxylation is 1. The van der Waals surface area contributed by atoms with Crippen LogP contribution in [0.5, 0.6) is 0 Å². The fourth-order valence-electron chi connectivity index (χ4n) is 2.39. The van der Waals surface area contributed by atoms with Crippen LogP contribution in [0.3, 0.4) is 0 Å². The maximum atomic E-state index is 12.1. The van der Waals surface area contributed by atoms with E-state index in [0.717, 1.165) is 35.2 Å². The van der Waals surface area contributed by atoms with E-state index in [4.69, 9.17) is 4.74 Å². The van der Waals surface area contributed by atoms with Crippen molar-refractivity contribution in [2.45, 2.75) is 6.92 Å². The number of benzene rings is 1. The number of hydrogen-bond acceptors (Lipinski definition) is 5. The molecule has 1 aromatic heterocycles. The number of rotatable bonds is 3. The van der Waals surface area contributed by atoms with E-state index in [2.05, 4.69) is 19.9 Å². The van der Waals surface area contributed by atoms with Crippen molar-refractivity contribution >= 4 is 33.9 Å². The Labute approximate surface area is 133 Å². The number of anilines is 3. The number of morpholine rings is 1. The molecule has 0 aliphatic carbocycles. The normalized spacial score (nSPS) is 14.7. The van der Waals surface area contributed by atoms with Crippen LogP contribution >= 0.6 is 11.5 Å². The number of carbonyl (C=O) groups excluding carboxylic acids is 1. The summed E-state index contributed by atoms with van der Waals surface area (Å²) in [6.45, 7) is 4.99. The van der Waals surface area contributed by atoms with Crippen LogP contribution < -0.4 is 15.5 Å². The van der Waals surface area contributed by atoms with Gasteiger partial charge in [-0.15, -0.1) is 0 Å². The molecule has 1 fully saturated rings. The molecule has 116 valence electrons. The number of ether oxygens (including phenoxy) is 1. The highest BCUT2D eigenvalue weighted by Crippen LogP contribution is 2.34. The summed E-state index contributed by atoms with van der Waals surface area (Å²) in [7, 11) is 0. The minimum Gasteiger partial charge on any atom is -0.378 e. The van der Waals surface area contributed by atoms with Crippen molar-refractivity contribution in [3.63, 3.8) is 0 Å². The van der Waals surface area contributed by atoms with Crippen molar-refractivity contribution < 1.29 is 9.53 Å². The summed E-state index contributed by atoms with van der Waals surface area (Å²) in [5, 5.41) is 6.49. The molecule has 2 amide bonds. The van der Waals surface area contributed by atoms with Crippen LogP contribution in [-0.2, 0) is 4.74 Å². The van der Waals surface area contributed by atoms with Crippen molar-refractivity contribution in [2.24, 2.45) is 0 Å². The summed E-state index contributed by atoms with van der Waals surface area (Å²) in [5.41, 5.74) is 2.69. The number of aromatic nitrogens is 1. The van der Waals surface area contributed by atoms with Crippen LogP contribution in [0.1, 0.15) is 5.69 Å². The first kappa shape index (κ1) is 14.8. The highest BCUT2D eigenvalue weighted by molar-refractivity contribution is 7.11. The Kier molecular flexibility index (Phi) is 4.55. The smallest absolute Gasteiger partial charge is 0.324 e. The predicted molar refractivity (Wildman–Crippen MR) is 89.0 cm³/mol. The predicted octanol–water partition coefficient (Wildman–Crippen LogP) is 2.93. The van der Waals surface area contributed by atoms with Gasteiger partial charge in [-0.05, 0) is 30.6 Å². The molecular formula is C15H18N4O2S. The quantitative estimate of drug-likeness (QED) is 0.913. The largest absolute Gasteiger partial charge is 0.378 e. The molecule has 3 rings (SSSR count). The molecule has 22 heavy (non-hydrogen) atoms. The lowest BCUT2D eigenvalue weighted by atomic mass is 10.3. The average molecular weight is 318 g/mol. The summed E-state index contributed by atoms with van der Waals surface area (Å²) in [4.78, 5) is 14.3. The lowest BCUT2D eigenvalue weighted by molar-refractivity contribution is 0.122. The van der Waals surface area contributed by atoms with E-state index in [1.165, 1.54) is 11.5 Å². The van der Waals surface area contributed by atoms with E-state index in [-0.39, 0.29) is 6.03 Å². The molecule has 7 heteroatoms. The summed E-state index contributed by atoms with van der Waals surface area (Å²) in [6.07, 6.45) is 0. The van der Waals surface area contributed by atoms with Gasteiger partial charge < -0.3 is 15.0 Å². The van der Waals surface area contributed by atoms with Crippen molar-refractivity contribution in [2.75, 3.05) is 41.8 Å². The van der Waals surface area contributed by atoms with Gasteiger partial charge in [0.1, 0.15) is 5.00 Å². The molecular weight excluding hydrogens is 300 g/mol. The molecule has 2 N–H and O–H groups in total. The molecule has 0 spiro atoms. The zero-order valence-corrected chi connectivity index (χ0v) is 13.2. The van der Waals surface area contributed by atoms with Crippen LogP contribution in [0.4, 0.5) is 21.2 Å². The summed E-state index contributed by atoms with van der Waals surface area (Å²) in [6, 6.07) is 9.11. The second kappa shape index (κ2) is 6.76. The first-order valence-corrected chi connectivity index (χ1v) is 7.93. The van der Waals surface area contributed by atoms with E-state index in [1.54, 1.807) is 0 Å². The molecule has 0 saturated carbocycles. The molecule has 0 radical (unpaired) electrons. The van der Waals surface area contributed by atoms with Gasteiger partial charge in [0.05, 0.1) is 24.6 Å². The number of nitrogens with zero attached hydrogens (tertiary/aromatic N) is 2. The van der Waals surface area contributed by atoms with Gasteiger partial charge in [-0.1, -0.05) is 18.2 Å². The van der Waals surface area contributed by atoms with Crippen molar-refractivity contribution in [3.05, 3.63) is 36.0 Å². The number of amides is 2. The third kappa shape index (κ3) is 3.37. The Morgan fingerprint density at radius 2 is 1.95 bits per heavy atom. The molecule has 1 aromatic carbocycles. The van der Waals surface area contributed by atoms with E-state index < -0.39 is 0 Å². The summed E-state index contributed by atoms with van der Waals surface area (Å²) < 4.78 is 9.75. The average Bonchev–Trinajstić information content (AvgIpc) is 2.89. The van der Waals surface area contributed by atoms with Gasteiger partial charge in [-0.3, -0.25) is 5.32 Å². The number of carbonyl (C=O) groups is 1. The van der Waals surface area contributed by atoms with Gasteiger partial charge in [0.15, 0.2) is 0 Å². The van der Waals surface area contributed by atoms with Gasteiger partial charge in [-0.2, -0.15) is 4.37 Å². The molecule has 1 saturated heterocycles. The van der Waals surface area contributed by atoms with Crippen molar-refractivity contribution in [1.29, 1.82) is 0 Å². The first-order chi connectivity index (χ1) is 10.7. The lowest BCUT2D eigenvalue weighted by Gasteiger charge is -2.29. The monoisotopic (exact) mass is 318 g/mol. The van der Waals surface area contributed by atoms with Crippen LogP contribution in [0.15, 0.2) is 30.3 Å². The molecule has 0 unspecified atom stereocenters. The molecule has 0 atom stereocenters. The van der Waals surface area contributed by atoms with Crippen LogP contribution in [0.25, 0.3) is 0 Å². The Balaban J connectivity index is 1.71. The Morgan fingerprint density at radius 1 is 1.23 bits per heavy atom. The van der Waals surface area contributed by atoms with Gasteiger partial charge in [-0.25, -0.2) is 4.79 Å². The Morgan fingerprint density at radius 3 is 2.68 bits per heavy atom. The molecule has 2 heterocycles. The van der Waals surface area contributed by atoms with Crippen LogP contribution in [-0.4, -0.2) is 36.7 Å². The second-order valence-corrected chi connectivity index (χ2v) is 5.76. The third-order valence-corrected chi connectivity index (χ3v) is 4.26. The fraction of sp³-hybridized carbons (Fsp3) is 0.333. The summed E-state index contributed by atoms with van der Waals surface area (Å²) >= 11 is 1.30. The number of nitrogens with one attached hydrogen (secondary N) is 2. The molecule has 1 aliphatic heterocycles. The molecule has 1 aliphatic rings. The van der Waals surface area contributed by atoms with E-state index in [9.17, 15) is 4.79 Å². The fourth-order valence-corrected chi connectivity index (χ4v) is 3.21. The first-order valence-electron chi connectivity index (χ1n) is 7.16. The van der Waals surface area contributed by atoms with Crippen molar-refractivity contribution in [3.8, 4) is 0 Å². The van der Waals surface area contributed by atoms with Crippen LogP contribution in [0.2, 0.25) is 0 Å². The SMILES string of the molecule is Cc1nsc(NC(=O)Nc2ccccc2)c1N1CCOCC1. The highest BCUT2D eigenvalue weighted by Gasteiger charge is 2.21. The van der Waals surface area contributed by atoms with Gasteiger partial charge in [0.2, 0.25) is 0 Å². The summed E-state index contributed by atoms with van der Waals surface area (Å²) in [5.74, 6) is 0. The Hall–Kier alpha value is -2.12. The van der Waals surface area contributed by atoms with E-state index in [0.29, 0.717) is 13.2 Å². The Bertz CT molecular complexity index is 638. The van der Waals surface area contributed by atoms with Crippen molar-refractivity contribution in [1.82, 2.24) is 4.37 Å². The topological polar surface area (TPSA) is 66.5 Å². The highest BCUT2D eigenvalue weighted by atomic mass is 32.1. The minimum atomic E-state index is -0.260. The zero-order chi connectivity index (χ0) is 15.4.